The van der Waals surface area contributed by atoms with Crippen molar-refractivity contribution in [1.29, 1.82) is 5.26 Å². The number of amides is 1. The molecule has 0 radical (unpaired) electrons. The van der Waals surface area contributed by atoms with Crippen molar-refractivity contribution >= 4 is 23.2 Å². The lowest BCUT2D eigenvalue weighted by Crippen LogP contribution is -2.27. The maximum absolute atomic E-state index is 12.0. The van der Waals surface area contributed by atoms with Crippen molar-refractivity contribution < 1.29 is 4.79 Å². The number of anilines is 1. The summed E-state index contributed by atoms with van der Waals surface area (Å²) in [6.45, 7) is 0. The van der Waals surface area contributed by atoms with Gasteiger partial charge in [-0.3, -0.25) is 4.79 Å². The lowest BCUT2D eigenvalue weighted by atomic mass is 10.1. The molecule has 0 spiro atoms. The molecule has 2 aromatic carbocycles. The topological polar surface area (TPSA) is 78.9 Å². The van der Waals surface area contributed by atoms with Crippen LogP contribution >= 0.6 is 11.6 Å². The molecule has 5 heteroatoms. The molecule has 1 amide bonds. The van der Waals surface area contributed by atoms with Crippen LogP contribution in [-0.2, 0) is 4.79 Å². The Labute approximate surface area is 121 Å². The molecule has 0 unspecified atom stereocenters. The van der Waals surface area contributed by atoms with Crippen LogP contribution in [0.1, 0.15) is 17.2 Å². The van der Waals surface area contributed by atoms with E-state index in [4.69, 9.17) is 22.6 Å². The van der Waals surface area contributed by atoms with Gasteiger partial charge in [-0.15, -0.1) is 0 Å². The highest BCUT2D eigenvalue weighted by atomic mass is 35.5. The van der Waals surface area contributed by atoms with Gasteiger partial charge in [0, 0.05) is 5.69 Å². The molecule has 3 N–H and O–H groups in total. The SMILES string of the molecule is N#Cc1ccc(NC(=O)[C@@H](N)c2ccccc2)cc1Cl. The normalized spacial score (nSPS) is 11.4. The van der Waals surface area contributed by atoms with Gasteiger partial charge in [0.2, 0.25) is 5.91 Å². The Morgan fingerprint density at radius 1 is 1.25 bits per heavy atom. The van der Waals surface area contributed by atoms with Crippen LogP contribution in [0.3, 0.4) is 0 Å². The van der Waals surface area contributed by atoms with Crippen LogP contribution in [0.5, 0.6) is 0 Å². The van der Waals surface area contributed by atoms with E-state index in [9.17, 15) is 4.79 Å². The molecule has 0 heterocycles. The van der Waals surface area contributed by atoms with Crippen LogP contribution in [0.4, 0.5) is 5.69 Å². The van der Waals surface area contributed by atoms with E-state index in [1.165, 1.54) is 6.07 Å². The predicted octanol–water partition coefficient (Wildman–Crippen LogP) is 2.85. The summed E-state index contributed by atoms with van der Waals surface area (Å²) in [7, 11) is 0. The van der Waals surface area contributed by atoms with Crippen LogP contribution in [0.2, 0.25) is 5.02 Å². The van der Waals surface area contributed by atoms with Crippen LogP contribution in [0, 0.1) is 11.3 Å². The van der Waals surface area contributed by atoms with Gasteiger partial charge in [-0.05, 0) is 23.8 Å². The van der Waals surface area contributed by atoms with Crippen LogP contribution in [0.25, 0.3) is 0 Å². The third-order valence-corrected chi connectivity index (χ3v) is 3.11. The average molecular weight is 286 g/mol. The van der Waals surface area contributed by atoms with E-state index in [2.05, 4.69) is 5.32 Å². The number of hydrogen-bond acceptors (Lipinski definition) is 3. The second kappa shape index (κ2) is 6.20. The van der Waals surface area contributed by atoms with Crippen LogP contribution in [-0.4, -0.2) is 5.91 Å². The zero-order chi connectivity index (χ0) is 14.5. The Morgan fingerprint density at radius 3 is 2.55 bits per heavy atom. The number of benzene rings is 2. The van der Waals surface area contributed by atoms with Crippen molar-refractivity contribution in [2.75, 3.05) is 5.32 Å². The van der Waals surface area contributed by atoms with Crippen molar-refractivity contribution in [2.45, 2.75) is 6.04 Å². The second-order valence-corrected chi connectivity index (χ2v) is 4.59. The molecule has 20 heavy (non-hydrogen) atoms. The summed E-state index contributed by atoms with van der Waals surface area (Å²) >= 11 is 5.90. The fourth-order valence-electron chi connectivity index (χ4n) is 1.72. The number of carbonyl (C=O) groups excluding carboxylic acids is 1. The Bertz CT molecular complexity index is 665. The average Bonchev–Trinajstić information content (AvgIpc) is 2.47. The fraction of sp³-hybridized carbons (Fsp3) is 0.0667. The minimum Gasteiger partial charge on any atom is -0.324 e. The largest absolute Gasteiger partial charge is 0.324 e. The van der Waals surface area contributed by atoms with E-state index in [1.807, 2.05) is 24.3 Å². The molecule has 0 aliphatic rings. The van der Waals surface area contributed by atoms with Crippen molar-refractivity contribution in [3.63, 3.8) is 0 Å². The quantitative estimate of drug-likeness (QED) is 0.910. The van der Waals surface area contributed by atoms with Crippen molar-refractivity contribution in [2.24, 2.45) is 5.73 Å². The highest BCUT2D eigenvalue weighted by Gasteiger charge is 2.15. The predicted molar refractivity (Wildman–Crippen MR) is 78.2 cm³/mol. The monoisotopic (exact) mass is 285 g/mol. The van der Waals surface area contributed by atoms with Crippen molar-refractivity contribution in [3.8, 4) is 6.07 Å². The summed E-state index contributed by atoms with van der Waals surface area (Å²) in [6.07, 6.45) is 0. The molecule has 0 aromatic heterocycles. The standard InChI is InChI=1S/C15H12ClN3O/c16-13-8-12(7-6-11(13)9-17)19-15(20)14(18)10-4-2-1-3-5-10/h1-8,14H,18H2,(H,19,20)/t14-/m0/s1. The minimum absolute atomic E-state index is 0.290. The molecule has 0 saturated carbocycles. The summed E-state index contributed by atoms with van der Waals surface area (Å²) in [5, 5.41) is 11.8. The summed E-state index contributed by atoms with van der Waals surface area (Å²) < 4.78 is 0. The number of nitrogens with two attached hydrogens (primary N) is 1. The minimum atomic E-state index is -0.759. The highest BCUT2D eigenvalue weighted by molar-refractivity contribution is 6.32. The summed E-state index contributed by atoms with van der Waals surface area (Å²) in [5.41, 5.74) is 7.47. The molecule has 100 valence electrons. The first-order valence-corrected chi connectivity index (χ1v) is 6.30. The molecule has 2 rings (SSSR count). The maximum Gasteiger partial charge on any atom is 0.245 e. The molecule has 0 bridgehead atoms. The highest BCUT2D eigenvalue weighted by Crippen LogP contribution is 2.21. The van der Waals surface area contributed by atoms with Crippen molar-refractivity contribution in [3.05, 3.63) is 64.7 Å². The lowest BCUT2D eigenvalue weighted by Gasteiger charge is -2.12. The number of nitrogens with zero attached hydrogens (tertiary/aromatic N) is 1. The molecule has 0 aliphatic carbocycles. The van der Waals surface area contributed by atoms with Crippen molar-refractivity contribution in [1.82, 2.24) is 0 Å². The van der Waals surface area contributed by atoms with Gasteiger partial charge in [0.05, 0.1) is 10.6 Å². The fourth-order valence-corrected chi connectivity index (χ4v) is 1.94. The summed E-state index contributed by atoms with van der Waals surface area (Å²) in [6, 6.07) is 15.0. The zero-order valence-corrected chi connectivity index (χ0v) is 11.3. The van der Waals surface area contributed by atoms with Gasteiger partial charge in [-0.2, -0.15) is 5.26 Å². The van der Waals surface area contributed by atoms with E-state index >= 15 is 0 Å². The van der Waals surface area contributed by atoms with Gasteiger partial charge in [0.1, 0.15) is 12.1 Å². The molecule has 0 fully saturated rings. The third-order valence-electron chi connectivity index (χ3n) is 2.80. The number of rotatable bonds is 3. The van der Waals surface area contributed by atoms with E-state index in [-0.39, 0.29) is 5.91 Å². The molecule has 2 aromatic rings. The van der Waals surface area contributed by atoms with Crippen LogP contribution < -0.4 is 11.1 Å². The lowest BCUT2D eigenvalue weighted by molar-refractivity contribution is -0.117. The van der Waals surface area contributed by atoms with Gasteiger partial charge in [-0.25, -0.2) is 0 Å². The molecule has 0 aliphatic heterocycles. The Balaban J connectivity index is 2.12. The smallest absolute Gasteiger partial charge is 0.245 e. The van der Waals surface area contributed by atoms with E-state index in [0.29, 0.717) is 16.3 Å². The van der Waals surface area contributed by atoms with Gasteiger partial charge in [-0.1, -0.05) is 41.9 Å². The Morgan fingerprint density at radius 2 is 1.95 bits per heavy atom. The van der Waals surface area contributed by atoms with Crippen LogP contribution in [0.15, 0.2) is 48.5 Å². The summed E-state index contributed by atoms with van der Waals surface area (Å²) in [5.74, 6) is -0.336. The Hall–Kier alpha value is -2.35. The number of carbonyl (C=O) groups is 1. The molecular weight excluding hydrogens is 274 g/mol. The van der Waals surface area contributed by atoms with E-state index < -0.39 is 6.04 Å². The number of nitriles is 1. The number of nitrogens with one attached hydrogen (secondary N) is 1. The Kier molecular flexibility index (Phi) is 4.36. The van der Waals surface area contributed by atoms with Gasteiger partial charge >= 0.3 is 0 Å². The molecule has 1 atom stereocenters. The van der Waals surface area contributed by atoms with E-state index in [0.717, 1.165) is 5.56 Å². The summed E-state index contributed by atoms with van der Waals surface area (Å²) in [4.78, 5) is 12.0. The zero-order valence-electron chi connectivity index (χ0n) is 10.5. The first-order valence-electron chi connectivity index (χ1n) is 5.93. The van der Waals surface area contributed by atoms with Gasteiger partial charge < -0.3 is 11.1 Å². The first kappa shape index (κ1) is 14.1. The number of halogens is 1. The molecular formula is C15H12ClN3O. The maximum atomic E-state index is 12.0. The number of hydrogen-bond donors (Lipinski definition) is 2. The first-order chi connectivity index (χ1) is 9.61. The van der Waals surface area contributed by atoms with Gasteiger partial charge in [0.25, 0.3) is 0 Å². The third kappa shape index (κ3) is 3.15. The van der Waals surface area contributed by atoms with E-state index in [1.54, 1.807) is 24.3 Å². The van der Waals surface area contributed by atoms with Gasteiger partial charge in [0.15, 0.2) is 0 Å². The molecule has 0 saturated heterocycles. The second-order valence-electron chi connectivity index (χ2n) is 4.18. The molecule has 4 nitrogen and oxygen atoms in total.